The molecule has 234 valence electrons. The zero-order chi connectivity index (χ0) is 32.5. The van der Waals surface area contributed by atoms with Gasteiger partial charge in [0.05, 0.1) is 24.7 Å². The van der Waals surface area contributed by atoms with Crippen molar-refractivity contribution in [3.63, 3.8) is 0 Å². The number of nitrogens with zero attached hydrogens (tertiary/aromatic N) is 4. The smallest absolute Gasteiger partial charge is 0.255 e. The fraction of sp³-hybridized carbons (Fsp3) is 0.517. The molecule has 0 bridgehead atoms. The molecule has 1 aromatic rings. The van der Waals surface area contributed by atoms with Gasteiger partial charge in [0.1, 0.15) is 22.8 Å². The molecule has 4 rings (SSSR count). The fourth-order valence-electron chi connectivity index (χ4n) is 6.87. The molecule has 0 aliphatic heterocycles. The van der Waals surface area contributed by atoms with Crippen molar-refractivity contribution in [2.75, 3.05) is 53.7 Å². The van der Waals surface area contributed by atoms with Crippen molar-refractivity contribution in [3.05, 3.63) is 39.7 Å². The van der Waals surface area contributed by atoms with Gasteiger partial charge in [-0.15, -0.1) is 0 Å². The number of benzene rings is 1. The third-order valence-electron chi connectivity index (χ3n) is 8.78. The van der Waals surface area contributed by atoms with Gasteiger partial charge in [-0.1, -0.05) is 6.92 Å². The van der Waals surface area contributed by atoms with Gasteiger partial charge in [0.2, 0.25) is 5.78 Å². The summed E-state index contributed by atoms with van der Waals surface area (Å²) in [5.74, 6) is -1.03. The number of likely N-dealkylation sites (N-methyl/N-ethyl adjacent to an activating group) is 2. The molecule has 0 saturated heterocycles. The van der Waals surface area contributed by atoms with Crippen LogP contribution in [0.2, 0.25) is 0 Å². The van der Waals surface area contributed by atoms with Crippen molar-refractivity contribution in [2.45, 2.75) is 38.0 Å². The molecule has 3 aliphatic rings. The minimum atomic E-state index is -2.75. The third kappa shape index (κ3) is 4.74. The van der Waals surface area contributed by atoms with Crippen molar-refractivity contribution >= 4 is 34.8 Å². The number of anilines is 1. The van der Waals surface area contributed by atoms with E-state index in [2.05, 4.69) is 0 Å². The molecule has 0 aromatic heterocycles. The van der Waals surface area contributed by atoms with Crippen LogP contribution in [0.3, 0.4) is 0 Å². The second-order valence-corrected chi connectivity index (χ2v) is 12.6. The quantitative estimate of drug-likeness (QED) is 0.0981. The van der Waals surface area contributed by atoms with Crippen LogP contribution < -0.4 is 16.5 Å². The number of nitrogens with two attached hydrogens (primary N) is 2. The van der Waals surface area contributed by atoms with E-state index in [9.17, 15) is 39.6 Å². The number of carbonyl (C=O) groups is 4. The van der Waals surface area contributed by atoms with Gasteiger partial charge >= 0.3 is 0 Å². The number of phenols is 1. The van der Waals surface area contributed by atoms with Crippen molar-refractivity contribution in [1.29, 1.82) is 0 Å². The number of aromatic hydroxyl groups is 1. The number of hydrogen-bond acceptors (Lipinski definition) is 12. The van der Waals surface area contributed by atoms with E-state index in [4.69, 9.17) is 11.6 Å². The number of phenolic OH excluding ortho intramolecular Hbond substituents is 1. The van der Waals surface area contributed by atoms with Gasteiger partial charge in [-0.2, -0.15) is 0 Å². The normalized spacial score (nSPS) is 26.9. The van der Waals surface area contributed by atoms with E-state index in [0.29, 0.717) is 11.3 Å². The molecule has 3 aliphatic carbocycles. The summed E-state index contributed by atoms with van der Waals surface area (Å²) in [5.41, 5.74) is 1.53. The number of hydrogen-bond donors (Lipinski definition) is 6. The Morgan fingerprint density at radius 1 is 1.07 bits per heavy atom. The van der Waals surface area contributed by atoms with E-state index < -0.39 is 69.2 Å². The van der Waals surface area contributed by atoms with Crippen LogP contribution in [-0.2, 0) is 32.1 Å². The first-order chi connectivity index (χ1) is 19.8. The van der Waals surface area contributed by atoms with Crippen LogP contribution >= 0.6 is 0 Å². The molecule has 1 unspecified atom stereocenters. The first-order valence-electron chi connectivity index (χ1n) is 13.7. The first kappa shape index (κ1) is 31.9. The predicted octanol–water partition coefficient (Wildman–Crippen LogP) is -0.816. The number of hydrazine groups is 1. The summed E-state index contributed by atoms with van der Waals surface area (Å²) < 4.78 is 0. The monoisotopic (exact) mass is 600 g/mol. The van der Waals surface area contributed by atoms with Crippen LogP contribution in [-0.4, -0.2) is 119 Å². The van der Waals surface area contributed by atoms with Gasteiger partial charge < -0.3 is 36.0 Å². The summed E-state index contributed by atoms with van der Waals surface area (Å²) in [6, 6.07) is 0.466. The minimum absolute atomic E-state index is 0.0192. The average Bonchev–Trinajstić information content (AvgIpc) is 2.86. The molecule has 14 nitrogen and oxygen atoms in total. The van der Waals surface area contributed by atoms with Crippen LogP contribution in [0.1, 0.15) is 30.0 Å². The van der Waals surface area contributed by atoms with Gasteiger partial charge in [0.15, 0.2) is 11.4 Å². The van der Waals surface area contributed by atoms with E-state index in [0.717, 1.165) is 5.01 Å². The zero-order valence-electron chi connectivity index (χ0n) is 25.4. The van der Waals surface area contributed by atoms with Crippen LogP contribution in [0.5, 0.6) is 5.75 Å². The number of rotatable bonds is 7. The Bertz CT molecular complexity index is 1500. The van der Waals surface area contributed by atoms with Gasteiger partial charge in [-0.25, -0.2) is 5.84 Å². The Hall–Kier alpha value is -3.98. The summed E-state index contributed by atoms with van der Waals surface area (Å²) in [7, 11) is 10.0. The summed E-state index contributed by atoms with van der Waals surface area (Å²) >= 11 is 0. The van der Waals surface area contributed by atoms with Crippen molar-refractivity contribution in [2.24, 2.45) is 22.9 Å². The van der Waals surface area contributed by atoms with Crippen molar-refractivity contribution in [3.8, 4) is 5.75 Å². The highest BCUT2D eigenvalue weighted by Crippen LogP contribution is 2.59. The number of aliphatic hydroxyl groups excluding tert-OH is 2. The number of ketones is 2. The van der Waals surface area contributed by atoms with Crippen molar-refractivity contribution < 1.29 is 39.6 Å². The lowest BCUT2D eigenvalue weighted by Gasteiger charge is -2.54. The topological polar surface area (TPSA) is 214 Å². The lowest BCUT2D eigenvalue weighted by Crippen LogP contribution is -2.67. The molecule has 1 aromatic carbocycles. The summed E-state index contributed by atoms with van der Waals surface area (Å²) in [6.45, 7) is 1.50. The maximum atomic E-state index is 14.3. The van der Waals surface area contributed by atoms with Crippen molar-refractivity contribution in [1.82, 2.24) is 14.8 Å². The molecule has 0 heterocycles. The molecule has 43 heavy (non-hydrogen) atoms. The molecular formula is C29H40N6O8. The van der Waals surface area contributed by atoms with Gasteiger partial charge in [0.25, 0.3) is 11.8 Å². The Kier molecular flexibility index (Phi) is 7.90. The first-order valence-corrected chi connectivity index (χ1v) is 13.7. The molecule has 14 heteroatoms. The number of aliphatic hydroxyl groups is 3. The van der Waals surface area contributed by atoms with Crippen LogP contribution in [0.4, 0.5) is 5.69 Å². The Morgan fingerprint density at radius 2 is 1.67 bits per heavy atom. The highest BCUT2D eigenvalue weighted by Gasteiger charge is 2.66. The molecule has 1 fully saturated rings. The number of fused-ring (bicyclic) bond motifs is 3. The predicted molar refractivity (Wildman–Crippen MR) is 156 cm³/mol. The van der Waals surface area contributed by atoms with E-state index in [1.165, 1.54) is 4.90 Å². The van der Waals surface area contributed by atoms with Crippen LogP contribution in [0.25, 0.3) is 5.76 Å². The Morgan fingerprint density at radius 3 is 2.19 bits per heavy atom. The third-order valence-corrected chi connectivity index (χ3v) is 8.78. The van der Waals surface area contributed by atoms with E-state index >= 15 is 0 Å². The summed E-state index contributed by atoms with van der Waals surface area (Å²) in [6.07, 6.45) is 0.0541. The second-order valence-electron chi connectivity index (χ2n) is 12.6. The Balaban J connectivity index is 1.96. The number of Topliss-reactive ketones (excluding diaryl/α,β-unsaturated/α-hetero) is 2. The average molecular weight is 601 g/mol. The Labute approximate surface area is 249 Å². The highest BCUT2D eigenvalue weighted by atomic mass is 16.3. The van der Waals surface area contributed by atoms with E-state index in [-0.39, 0.29) is 42.6 Å². The standard InChI is InChI=1S/C29H40N6O8/c1-28-9-14-16(33(4)5)8-13(11-35(31)17(36)12-32(2)3)22(37)18(14)23(38)20(28)26(41)29(43)15(10-28)21(34(6)7)24(39)19(25(29)40)27(30)42/h8,15,21,37-38,40,43H,9-12,31H2,1-7H3,(H2,30,42)/t15-,21?,28-,29+/m0/s1. The highest BCUT2D eigenvalue weighted by molar-refractivity contribution is 6.24. The molecule has 8 N–H and O–H groups in total. The number of primary amides is 1. The molecular weight excluding hydrogens is 560 g/mol. The second kappa shape index (κ2) is 10.6. The minimum Gasteiger partial charge on any atom is -0.508 e. The van der Waals surface area contributed by atoms with Crippen LogP contribution in [0, 0.1) is 11.3 Å². The largest absolute Gasteiger partial charge is 0.508 e. The van der Waals surface area contributed by atoms with Gasteiger partial charge in [-0.3, -0.25) is 29.1 Å². The summed E-state index contributed by atoms with van der Waals surface area (Å²) in [4.78, 5) is 57.2. The molecule has 1 saturated carbocycles. The fourth-order valence-corrected chi connectivity index (χ4v) is 6.87. The molecule has 0 spiro atoms. The molecule has 2 amide bonds. The lowest BCUT2D eigenvalue weighted by atomic mass is 9.52. The molecule has 4 atom stereocenters. The number of carbonyl (C=O) groups excluding carboxylic acids is 4. The zero-order valence-corrected chi connectivity index (χ0v) is 25.4. The van der Waals surface area contributed by atoms with Crippen LogP contribution in [0.15, 0.2) is 23.0 Å². The maximum Gasteiger partial charge on any atom is 0.255 e. The van der Waals surface area contributed by atoms with E-state index in [1.54, 1.807) is 65.1 Å². The van der Waals surface area contributed by atoms with Gasteiger partial charge in [0, 0.05) is 42.3 Å². The lowest BCUT2D eigenvalue weighted by molar-refractivity contribution is -0.156. The van der Waals surface area contributed by atoms with Gasteiger partial charge in [-0.05, 0) is 52.7 Å². The maximum absolute atomic E-state index is 14.3. The van der Waals surface area contributed by atoms with E-state index in [1.807, 2.05) is 0 Å². The number of amides is 2. The summed E-state index contributed by atoms with van der Waals surface area (Å²) in [5, 5.41) is 47.1. The SMILES string of the molecule is CN(C)CC(=O)N(N)Cc1cc(N(C)C)c2c(c1O)C(O)=C1C(=O)[C@]3(O)C(O)=C(C(N)=O)C(=O)C(N(C)C)[C@@H]3C[C@]1(C)C2. The molecule has 0 radical (unpaired) electrons.